The van der Waals surface area contributed by atoms with Crippen LogP contribution in [-0.4, -0.2) is 10.9 Å². The third kappa shape index (κ3) is 5.12. The molecular weight excluding hydrogens is 438 g/mol. The number of ether oxygens (including phenoxy) is 1. The summed E-state index contributed by atoms with van der Waals surface area (Å²) in [6, 6.07) is 15.3. The summed E-state index contributed by atoms with van der Waals surface area (Å²) in [5.41, 5.74) is 1.13. The number of anilines is 1. The fourth-order valence-electron chi connectivity index (χ4n) is 3.05. The first-order valence-electron chi connectivity index (χ1n) is 9.64. The van der Waals surface area contributed by atoms with E-state index in [2.05, 4.69) is 10.3 Å². The second kappa shape index (κ2) is 9.62. The molecule has 0 aliphatic heterocycles. The second-order valence-electron chi connectivity index (χ2n) is 6.90. The van der Waals surface area contributed by atoms with E-state index >= 15 is 0 Å². The van der Waals surface area contributed by atoms with Gasteiger partial charge in [-0.15, -0.1) is 0 Å². The van der Waals surface area contributed by atoms with Gasteiger partial charge in [-0.25, -0.2) is 8.78 Å². The highest BCUT2D eigenvalue weighted by Gasteiger charge is 2.17. The van der Waals surface area contributed by atoms with Crippen molar-refractivity contribution in [2.24, 2.45) is 0 Å². The third-order valence-corrected chi connectivity index (χ3v) is 4.83. The fraction of sp³-hybridized carbons (Fsp3) is 0.0833. The van der Waals surface area contributed by atoms with Crippen molar-refractivity contribution in [3.63, 3.8) is 0 Å². The number of carbonyl (C=O) groups excluding carboxylic acids is 1. The standard InChI is InChI=1S/C24H17ClF2N2O3/c25-17-6-8-21(31-14-15-3-2-10-28-13-15)16(11-17)12-18-7-9-22(32-18)24(30)29-23-19(26)4-1-5-20(23)27/h1-11,13H,12,14H2,(H,29,30). The Kier molecular flexibility index (Phi) is 6.47. The van der Waals surface area contributed by atoms with Crippen molar-refractivity contribution in [1.82, 2.24) is 4.98 Å². The Morgan fingerprint density at radius 2 is 1.88 bits per heavy atom. The van der Waals surface area contributed by atoms with Gasteiger partial charge in [-0.3, -0.25) is 9.78 Å². The van der Waals surface area contributed by atoms with Crippen LogP contribution in [0.5, 0.6) is 5.75 Å². The molecule has 2 aromatic carbocycles. The molecular formula is C24H17ClF2N2O3. The quantitative estimate of drug-likeness (QED) is 0.370. The van der Waals surface area contributed by atoms with Crippen LogP contribution in [0, 0.1) is 11.6 Å². The van der Waals surface area contributed by atoms with E-state index in [0.29, 0.717) is 29.6 Å². The maximum Gasteiger partial charge on any atom is 0.291 e. The Morgan fingerprint density at radius 1 is 1.06 bits per heavy atom. The van der Waals surface area contributed by atoms with E-state index in [1.807, 2.05) is 12.1 Å². The Hall–Kier alpha value is -3.71. The molecule has 0 saturated carbocycles. The molecule has 0 aliphatic rings. The third-order valence-electron chi connectivity index (χ3n) is 4.59. The summed E-state index contributed by atoms with van der Waals surface area (Å²) in [6.45, 7) is 0.322. The number of para-hydroxylation sites is 1. The lowest BCUT2D eigenvalue weighted by Crippen LogP contribution is -2.13. The topological polar surface area (TPSA) is 64.4 Å². The van der Waals surface area contributed by atoms with Gasteiger partial charge in [-0.2, -0.15) is 0 Å². The van der Waals surface area contributed by atoms with Crippen molar-refractivity contribution in [3.8, 4) is 5.75 Å². The van der Waals surface area contributed by atoms with Gasteiger partial charge in [-0.1, -0.05) is 23.7 Å². The van der Waals surface area contributed by atoms with Gasteiger partial charge in [0.25, 0.3) is 5.91 Å². The summed E-state index contributed by atoms with van der Waals surface area (Å²) in [7, 11) is 0. The first kappa shape index (κ1) is 21.5. The molecule has 0 unspecified atom stereocenters. The number of aromatic nitrogens is 1. The van der Waals surface area contributed by atoms with Crippen LogP contribution in [0.3, 0.4) is 0 Å². The molecule has 5 nitrogen and oxygen atoms in total. The molecule has 1 N–H and O–H groups in total. The summed E-state index contributed by atoms with van der Waals surface area (Å²) in [5, 5.41) is 2.72. The van der Waals surface area contributed by atoms with Crippen molar-refractivity contribution >= 4 is 23.2 Å². The largest absolute Gasteiger partial charge is 0.489 e. The van der Waals surface area contributed by atoms with E-state index in [9.17, 15) is 13.6 Å². The van der Waals surface area contributed by atoms with Crippen molar-refractivity contribution in [2.75, 3.05) is 5.32 Å². The Labute approximate surface area is 187 Å². The molecule has 8 heteroatoms. The minimum absolute atomic E-state index is 0.0810. The van der Waals surface area contributed by atoms with Crippen LogP contribution in [0.1, 0.15) is 27.4 Å². The SMILES string of the molecule is O=C(Nc1c(F)cccc1F)c1ccc(Cc2cc(Cl)ccc2OCc2cccnc2)o1. The normalized spacial score (nSPS) is 10.7. The van der Waals surface area contributed by atoms with E-state index in [4.69, 9.17) is 20.8 Å². The molecule has 1 amide bonds. The van der Waals surface area contributed by atoms with E-state index in [1.54, 1.807) is 36.7 Å². The lowest BCUT2D eigenvalue weighted by molar-refractivity contribution is 0.0994. The maximum atomic E-state index is 13.8. The Morgan fingerprint density at radius 3 is 2.62 bits per heavy atom. The van der Waals surface area contributed by atoms with Crippen LogP contribution in [-0.2, 0) is 13.0 Å². The van der Waals surface area contributed by atoms with Crippen LogP contribution in [0.2, 0.25) is 5.02 Å². The smallest absolute Gasteiger partial charge is 0.291 e. The number of halogens is 3. The summed E-state index contributed by atoms with van der Waals surface area (Å²) in [4.78, 5) is 16.4. The van der Waals surface area contributed by atoms with Gasteiger partial charge >= 0.3 is 0 Å². The lowest BCUT2D eigenvalue weighted by Gasteiger charge is -2.11. The number of nitrogens with zero attached hydrogens (tertiary/aromatic N) is 1. The molecule has 4 rings (SSSR count). The van der Waals surface area contributed by atoms with Gasteiger partial charge in [0.05, 0.1) is 0 Å². The number of carbonyl (C=O) groups is 1. The monoisotopic (exact) mass is 454 g/mol. The van der Waals surface area contributed by atoms with Crippen molar-refractivity contribution in [1.29, 1.82) is 0 Å². The molecule has 0 bridgehead atoms. The van der Waals surface area contributed by atoms with Gasteiger partial charge in [-0.05, 0) is 48.5 Å². The molecule has 0 atom stereocenters. The van der Waals surface area contributed by atoms with Gasteiger partial charge in [0.15, 0.2) is 5.76 Å². The summed E-state index contributed by atoms with van der Waals surface area (Å²) < 4.78 is 39.1. The minimum atomic E-state index is -0.875. The molecule has 0 saturated heterocycles. The number of rotatable bonds is 7. The van der Waals surface area contributed by atoms with E-state index in [1.165, 1.54) is 12.1 Å². The first-order chi connectivity index (χ1) is 15.5. The minimum Gasteiger partial charge on any atom is -0.489 e. The zero-order valence-corrected chi connectivity index (χ0v) is 17.4. The average molecular weight is 455 g/mol. The summed E-state index contributed by atoms with van der Waals surface area (Å²) >= 11 is 6.14. The predicted octanol–water partition coefficient (Wildman–Crippen LogP) is 6.03. The number of benzene rings is 2. The van der Waals surface area contributed by atoms with E-state index in [-0.39, 0.29) is 5.76 Å². The predicted molar refractivity (Wildman–Crippen MR) is 116 cm³/mol. The summed E-state index contributed by atoms with van der Waals surface area (Å²) in [6.07, 6.45) is 3.69. The lowest BCUT2D eigenvalue weighted by atomic mass is 10.1. The molecule has 162 valence electrons. The summed E-state index contributed by atoms with van der Waals surface area (Å²) in [5.74, 6) is -1.53. The van der Waals surface area contributed by atoms with Crippen LogP contribution < -0.4 is 10.1 Å². The van der Waals surface area contributed by atoms with Gasteiger partial charge < -0.3 is 14.5 Å². The van der Waals surface area contributed by atoms with Crippen molar-refractivity contribution < 1.29 is 22.7 Å². The van der Waals surface area contributed by atoms with Gasteiger partial charge in [0.1, 0.15) is 35.4 Å². The molecule has 0 aliphatic carbocycles. The second-order valence-corrected chi connectivity index (χ2v) is 7.33. The van der Waals surface area contributed by atoms with Crippen LogP contribution in [0.4, 0.5) is 14.5 Å². The molecule has 32 heavy (non-hydrogen) atoms. The zero-order valence-electron chi connectivity index (χ0n) is 16.6. The first-order valence-corrected chi connectivity index (χ1v) is 10.0. The molecule has 2 heterocycles. The molecule has 2 aromatic heterocycles. The maximum absolute atomic E-state index is 13.8. The molecule has 0 fully saturated rings. The Bertz CT molecular complexity index is 1220. The van der Waals surface area contributed by atoms with E-state index < -0.39 is 23.2 Å². The number of hydrogen-bond donors (Lipinski definition) is 1. The van der Waals surface area contributed by atoms with E-state index in [0.717, 1.165) is 23.3 Å². The van der Waals surface area contributed by atoms with Gasteiger partial charge in [0.2, 0.25) is 0 Å². The molecule has 0 radical (unpaired) electrons. The van der Waals surface area contributed by atoms with Crippen molar-refractivity contribution in [3.05, 3.63) is 112 Å². The Balaban J connectivity index is 1.48. The average Bonchev–Trinajstić information content (AvgIpc) is 3.25. The molecule has 0 spiro atoms. The van der Waals surface area contributed by atoms with Gasteiger partial charge in [0, 0.05) is 35.0 Å². The van der Waals surface area contributed by atoms with Crippen molar-refractivity contribution in [2.45, 2.75) is 13.0 Å². The van der Waals surface area contributed by atoms with Crippen LogP contribution in [0.25, 0.3) is 0 Å². The highest BCUT2D eigenvalue weighted by molar-refractivity contribution is 6.30. The number of amides is 1. The fourth-order valence-corrected chi connectivity index (χ4v) is 3.24. The van der Waals surface area contributed by atoms with Crippen LogP contribution >= 0.6 is 11.6 Å². The van der Waals surface area contributed by atoms with Crippen LogP contribution in [0.15, 0.2) is 77.5 Å². The zero-order chi connectivity index (χ0) is 22.5. The highest BCUT2D eigenvalue weighted by atomic mass is 35.5. The molecule has 4 aromatic rings. The highest BCUT2D eigenvalue weighted by Crippen LogP contribution is 2.27. The number of hydrogen-bond acceptors (Lipinski definition) is 4. The number of nitrogens with one attached hydrogen (secondary N) is 1. The number of furan rings is 1. The number of pyridine rings is 1.